The van der Waals surface area contributed by atoms with Crippen LogP contribution in [-0.2, 0) is 22.4 Å². The van der Waals surface area contributed by atoms with Crippen LogP contribution in [0.1, 0.15) is 27.9 Å². The van der Waals surface area contributed by atoms with Gasteiger partial charge in [-0.25, -0.2) is 9.79 Å². The van der Waals surface area contributed by atoms with Crippen LogP contribution in [0.2, 0.25) is 0 Å². The standard InChI is InChI=1S/C26H26N4O5/c27-26(28)30-20-10-8-19(9-11-20)25(34)35-22-12-6-18(7-13-22)15-23(31)29-21(16-24(32)33)14-17-4-2-1-3-5-17/h1-13,21H,14-16H2,(H,29,31)(H,32,33)(H4,27,28,30)/t21-/m0/s1. The molecule has 0 fully saturated rings. The third-order valence-electron chi connectivity index (χ3n) is 4.97. The Morgan fingerprint density at radius 1 is 0.886 bits per heavy atom. The highest BCUT2D eigenvalue weighted by Crippen LogP contribution is 2.17. The number of rotatable bonds is 10. The molecule has 3 aromatic rings. The van der Waals surface area contributed by atoms with Crippen LogP contribution in [0.3, 0.4) is 0 Å². The summed E-state index contributed by atoms with van der Waals surface area (Å²) >= 11 is 0. The molecule has 0 saturated heterocycles. The fourth-order valence-electron chi connectivity index (χ4n) is 3.41. The van der Waals surface area contributed by atoms with Gasteiger partial charge in [-0.3, -0.25) is 9.59 Å². The van der Waals surface area contributed by atoms with E-state index in [-0.39, 0.29) is 24.7 Å². The van der Waals surface area contributed by atoms with Gasteiger partial charge >= 0.3 is 11.9 Å². The number of carbonyl (C=O) groups excluding carboxylic acids is 2. The normalized spacial score (nSPS) is 11.2. The Kier molecular flexibility index (Phi) is 8.55. The molecule has 0 saturated carbocycles. The quantitative estimate of drug-likeness (QED) is 0.152. The summed E-state index contributed by atoms with van der Waals surface area (Å²) in [6, 6.07) is 21.7. The average molecular weight is 475 g/mol. The number of nitrogens with zero attached hydrogens (tertiary/aromatic N) is 1. The van der Waals surface area contributed by atoms with E-state index in [1.807, 2.05) is 30.3 Å². The second kappa shape index (κ2) is 12.0. The predicted molar refractivity (Wildman–Crippen MR) is 131 cm³/mol. The van der Waals surface area contributed by atoms with E-state index in [0.29, 0.717) is 29.0 Å². The molecule has 0 aliphatic heterocycles. The molecule has 1 atom stereocenters. The number of carboxylic acids is 1. The molecule has 3 rings (SSSR count). The van der Waals surface area contributed by atoms with Crippen molar-refractivity contribution in [1.29, 1.82) is 0 Å². The Morgan fingerprint density at radius 3 is 2.14 bits per heavy atom. The Balaban J connectivity index is 1.55. The van der Waals surface area contributed by atoms with Crippen LogP contribution >= 0.6 is 0 Å². The van der Waals surface area contributed by atoms with Gasteiger partial charge in [0.2, 0.25) is 5.91 Å². The average Bonchev–Trinajstić information content (AvgIpc) is 2.80. The smallest absolute Gasteiger partial charge is 0.343 e. The second-order valence-electron chi connectivity index (χ2n) is 7.85. The Labute approximate surface area is 202 Å². The molecule has 0 aliphatic rings. The van der Waals surface area contributed by atoms with Crippen LogP contribution in [0.15, 0.2) is 83.9 Å². The number of guanidine groups is 1. The summed E-state index contributed by atoms with van der Waals surface area (Å²) in [4.78, 5) is 40.0. The number of ether oxygens (including phenoxy) is 1. The van der Waals surface area contributed by atoms with Crippen molar-refractivity contribution in [3.8, 4) is 5.75 Å². The molecule has 0 unspecified atom stereocenters. The van der Waals surface area contributed by atoms with Crippen LogP contribution < -0.4 is 21.5 Å². The first-order valence-corrected chi connectivity index (χ1v) is 10.8. The molecular weight excluding hydrogens is 448 g/mol. The van der Waals surface area contributed by atoms with E-state index in [9.17, 15) is 19.5 Å². The summed E-state index contributed by atoms with van der Waals surface area (Å²) in [7, 11) is 0. The molecule has 0 heterocycles. The molecular formula is C26H26N4O5. The molecule has 0 bridgehead atoms. The van der Waals surface area contributed by atoms with Crippen molar-refractivity contribution < 1.29 is 24.2 Å². The minimum absolute atomic E-state index is 0.0609. The Hall–Kier alpha value is -4.66. The van der Waals surface area contributed by atoms with Gasteiger partial charge in [0.05, 0.1) is 24.1 Å². The van der Waals surface area contributed by atoms with Gasteiger partial charge in [0, 0.05) is 6.04 Å². The van der Waals surface area contributed by atoms with Gasteiger partial charge in [0.15, 0.2) is 5.96 Å². The molecule has 6 N–H and O–H groups in total. The number of carbonyl (C=O) groups is 3. The van der Waals surface area contributed by atoms with Crippen molar-refractivity contribution in [2.45, 2.75) is 25.3 Å². The fourth-order valence-corrected chi connectivity index (χ4v) is 3.41. The largest absolute Gasteiger partial charge is 0.481 e. The number of hydrogen-bond donors (Lipinski definition) is 4. The molecule has 0 spiro atoms. The van der Waals surface area contributed by atoms with Gasteiger partial charge in [0.25, 0.3) is 0 Å². The number of esters is 1. The highest BCUT2D eigenvalue weighted by molar-refractivity contribution is 5.91. The zero-order valence-electron chi connectivity index (χ0n) is 18.9. The Bertz CT molecular complexity index is 1190. The lowest BCUT2D eigenvalue weighted by molar-refractivity contribution is -0.137. The van der Waals surface area contributed by atoms with Crippen molar-refractivity contribution in [1.82, 2.24) is 5.32 Å². The van der Waals surface area contributed by atoms with Crippen LogP contribution in [-0.4, -0.2) is 35.0 Å². The summed E-state index contributed by atoms with van der Waals surface area (Å²) in [5, 5.41) is 12.0. The molecule has 180 valence electrons. The molecule has 35 heavy (non-hydrogen) atoms. The topological polar surface area (TPSA) is 157 Å². The lowest BCUT2D eigenvalue weighted by Crippen LogP contribution is -2.38. The first-order valence-electron chi connectivity index (χ1n) is 10.8. The van der Waals surface area contributed by atoms with Crippen molar-refractivity contribution in [3.63, 3.8) is 0 Å². The minimum atomic E-state index is -0.983. The lowest BCUT2D eigenvalue weighted by Gasteiger charge is -2.17. The number of amides is 1. The molecule has 0 aromatic heterocycles. The molecule has 9 nitrogen and oxygen atoms in total. The van der Waals surface area contributed by atoms with Gasteiger partial charge in [-0.15, -0.1) is 0 Å². The van der Waals surface area contributed by atoms with E-state index in [2.05, 4.69) is 10.3 Å². The lowest BCUT2D eigenvalue weighted by atomic mass is 10.0. The first-order chi connectivity index (χ1) is 16.8. The Morgan fingerprint density at radius 2 is 1.54 bits per heavy atom. The van der Waals surface area contributed by atoms with Crippen molar-refractivity contribution in [3.05, 3.63) is 95.6 Å². The number of carboxylic acid groups (broad SMARTS) is 1. The van der Waals surface area contributed by atoms with Crippen LogP contribution in [0.5, 0.6) is 5.75 Å². The maximum Gasteiger partial charge on any atom is 0.343 e. The third-order valence-corrected chi connectivity index (χ3v) is 4.97. The van der Waals surface area contributed by atoms with Gasteiger partial charge < -0.3 is 26.6 Å². The van der Waals surface area contributed by atoms with Gasteiger partial charge in [0.1, 0.15) is 5.75 Å². The highest BCUT2D eigenvalue weighted by Gasteiger charge is 2.17. The first kappa shape index (κ1) is 25.0. The van der Waals surface area contributed by atoms with Crippen LogP contribution in [0.4, 0.5) is 5.69 Å². The summed E-state index contributed by atoms with van der Waals surface area (Å²) in [5.41, 5.74) is 13.1. The van der Waals surface area contributed by atoms with Crippen LogP contribution in [0.25, 0.3) is 0 Å². The maximum absolute atomic E-state index is 12.5. The van der Waals surface area contributed by atoms with Gasteiger partial charge in [-0.1, -0.05) is 42.5 Å². The van der Waals surface area contributed by atoms with E-state index >= 15 is 0 Å². The SMILES string of the molecule is NC(N)=Nc1ccc(C(=O)Oc2ccc(CC(=O)N[C@H](CC(=O)O)Cc3ccccc3)cc2)cc1. The molecule has 9 heteroatoms. The number of aliphatic carboxylic acids is 1. The van der Waals surface area contributed by atoms with E-state index in [4.69, 9.17) is 16.2 Å². The van der Waals surface area contributed by atoms with Crippen LogP contribution in [0, 0.1) is 0 Å². The summed E-state index contributed by atoms with van der Waals surface area (Å²) in [5.74, 6) is -1.59. The molecule has 1 amide bonds. The monoisotopic (exact) mass is 474 g/mol. The van der Waals surface area contributed by atoms with Crippen molar-refractivity contribution in [2.75, 3.05) is 0 Å². The van der Waals surface area contributed by atoms with E-state index in [1.54, 1.807) is 48.5 Å². The van der Waals surface area contributed by atoms with E-state index in [1.165, 1.54) is 0 Å². The summed E-state index contributed by atoms with van der Waals surface area (Å²) in [6.07, 6.45) is 0.300. The summed E-state index contributed by atoms with van der Waals surface area (Å²) in [6.45, 7) is 0. The predicted octanol–water partition coefficient (Wildman–Crippen LogP) is 2.56. The number of benzene rings is 3. The third kappa shape index (κ3) is 8.32. The number of nitrogens with one attached hydrogen (secondary N) is 1. The molecule has 3 aromatic carbocycles. The number of aliphatic imine (C=N–C) groups is 1. The number of nitrogens with two attached hydrogens (primary N) is 2. The van der Waals surface area contributed by atoms with E-state index < -0.39 is 18.0 Å². The van der Waals surface area contributed by atoms with Crippen molar-refractivity contribution >= 4 is 29.5 Å². The second-order valence-corrected chi connectivity index (χ2v) is 7.85. The van der Waals surface area contributed by atoms with Gasteiger partial charge in [-0.2, -0.15) is 0 Å². The fraction of sp³-hybridized carbons (Fsp3) is 0.154. The zero-order chi connectivity index (χ0) is 25.2. The highest BCUT2D eigenvalue weighted by atomic mass is 16.5. The maximum atomic E-state index is 12.5. The molecule has 0 radical (unpaired) electrons. The molecule has 0 aliphatic carbocycles. The van der Waals surface area contributed by atoms with E-state index in [0.717, 1.165) is 5.56 Å². The zero-order valence-corrected chi connectivity index (χ0v) is 18.9. The van der Waals surface area contributed by atoms with Crippen molar-refractivity contribution in [2.24, 2.45) is 16.5 Å². The minimum Gasteiger partial charge on any atom is -0.481 e. The number of hydrogen-bond acceptors (Lipinski definition) is 5. The van der Waals surface area contributed by atoms with Gasteiger partial charge in [-0.05, 0) is 53.9 Å². The summed E-state index contributed by atoms with van der Waals surface area (Å²) < 4.78 is 5.37.